The minimum atomic E-state index is -3.72. The number of halogens is 2. The van der Waals surface area contributed by atoms with Gasteiger partial charge in [0.05, 0.1) is 16.0 Å². The minimum Gasteiger partial charge on any atom is -0.454 e. The van der Waals surface area contributed by atoms with Gasteiger partial charge in [-0.2, -0.15) is 0 Å². The Morgan fingerprint density at radius 2 is 1.75 bits per heavy atom. The van der Waals surface area contributed by atoms with Crippen molar-refractivity contribution in [1.29, 1.82) is 0 Å². The summed E-state index contributed by atoms with van der Waals surface area (Å²) in [5.41, 5.74) is -0.514. The number of ketones is 1. The highest BCUT2D eigenvalue weighted by molar-refractivity contribution is 7.89. The van der Waals surface area contributed by atoms with Crippen LogP contribution < -0.4 is 4.72 Å². The summed E-state index contributed by atoms with van der Waals surface area (Å²) in [7, 11) is -3.72. The molecular weight excluding hydrogens is 392 g/mol. The molecule has 2 rings (SSSR count). The molecule has 0 aliphatic rings. The van der Waals surface area contributed by atoms with E-state index in [1.807, 2.05) is 6.92 Å². The molecule has 0 unspecified atom stereocenters. The molecular formula is C19H19F2NO5S. The summed E-state index contributed by atoms with van der Waals surface area (Å²) in [5, 5.41) is 0. The highest BCUT2D eigenvalue weighted by Gasteiger charge is 2.19. The van der Waals surface area contributed by atoms with Crippen LogP contribution in [0.25, 0.3) is 0 Å². The van der Waals surface area contributed by atoms with E-state index in [4.69, 9.17) is 4.74 Å². The summed E-state index contributed by atoms with van der Waals surface area (Å²) in [6.45, 7) is 2.78. The monoisotopic (exact) mass is 411 g/mol. The molecule has 1 N–H and O–H groups in total. The average Bonchev–Trinajstić information content (AvgIpc) is 2.67. The molecule has 0 aliphatic heterocycles. The summed E-state index contributed by atoms with van der Waals surface area (Å²) in [6, 6.07) is 7.08. The second-order valence-electron chi connectivity index (χ2n) is 6.08. The van der Waals surface area contributed by atoms with Gasteiger partial charge in [-0.3, -0.25) is 4.79 Å². The number of ether oxygens (including phenoxy) is 1. The third kappa shape index (κ3) is 5.43. The van der Waals surface area contributed by atoms with Gasteiger partial charge in [0, 0.05) is 6.04 Å². The Morgan fingerprint density at radius 3 is 2.36 bits per heavy atom. The van der Waals surface area contributed by atoms with E-state index in [0.29, 0.717) is 6.42 Å². The Labute approximate surface area is 161 Å². The lowest BCUT2D eigenvalue weighted by Crippen LogP contribution is -2.32. The smallest absolute Gasteiger partial charge is 0.338 e. The van der Waals surface area contributed by atoms with Crippen LogP contribution in [-0.4, -0.2) is 32.8 Å². The minimum absolute atomic E-state index is 0.00926. The zero-order valence-corrected chi connectivity index (χ0v) is 16.1. The summed E-state index contributed by atoms with van der Waals surface area (Å²) in [6.07, 6.45) is 0.615. The lowest BCUT2D eigenvalue weighted by Gasteiger charge is -2.12. The predicted molar refractivity (Wildman–Crippen MR) is 97.5 cm³/mol. The van der Waals surface area contributed by atoms with Crippen LogP contribution in [0.3, 0.4) is 0 Å². The van der Waals surface area contributed by atoms with Gasteiger partial charge in [-0.1, -0.05) is 6.92 Å². The molecule has 0 saturated heterocycles. The van der Waals surface area contributed by atoms with Gasteiger partial charge in [0.25, 0.3) is 0 Å². The first-order valence-corrected chi connectivity index (χ1v) is 9.90. The van der Waals surface area contributed by atoms with Crippen LogP contribution in [0.5, 0.6) is 0 Å². The molecule has 0 fully saturated rings. The van der Waals surface area contributed by atoms with Crippen molar-refractivity contribution in [2.75, 3.05) is 6.61 Å². The first-order valence-electron chi connectivity index (χ1n) is 8.41. The maximum absolute atomic E-state index is 13.5. The highest BCUT2D eigenvalue weighted by Crippen LogP contribution is 2.14. The van der Waals surface area contributed by atoms with Crippen LogP contribution in [0.15, 0.2) is 47.4 Å². The van der Waals surface area contributed by atoms with E-state index in [9.17, 15) is 26.8 Å². The molecule has 150 valence electrons. The van der Waals surface area contributed by atoms with E-state index < -0.39 is 45.6 Å². The lowest BCUT2D eigenvalue weighted by molar-refractivity contribution is 0.0473. The van der Waals surface area contributed by atoms with Crippen LogP contribution in [-0.2, 0) is 14.8 Å². The molecule has 0 saturated carbocycles. The van der Waals surface area contributed by atoms with Crippen LogP contribution in [0.4, 0.5) is 8.78 Å². The third-order valence-corrected chi connectivity index (χ3v) is 5.54. The molecule has 1 atom stereocenters. The molecule has 0 aromatic heterocycles. The van der Waals surface area contributed by atoms with Crippen molar-refractivity contribution in [2.45, 2.75) is 31.2 Å². The third-order valence-electron chi connectivity index (χ3n) is 3.93. The van der Waals surface area contributed by atoms with Gasteiger partial charge >= 0.3 is 5.97 Å². The van der Waals surface area contributed by atoms with Crippen molar-refractivity contribution in [3.8, 4) is 0 Å². The van der Waals surface area contributed by atoms with E-state index >= 15 is 0 Å². The molecule has 2 aromatic carbocycles. The predicted octanol–water partition coefficient (Wildman–Crippen LogP) is 3.08. The number of nitrogens with one attached hydrogen (secondary N) is 1. The summed E-state index contributed by atoms with van der Waals surface area (Å²) >= 11 is 0. The fourth-order valence-corrected chi connectivity index (χ4v) is 3.52. The molecule has 9 heteroatoms. The van der Waals surface area contributed by atoms with E-state index in [1.54, 1.807) is 6.92 Å². The maximum Gasteiger partial charge on any atom is 0.338 e. The zero-order chi connectivity index (χ0) is 20.9. The van der Waals surface area contributed by atoms with Crippen LogP contribution >= 0.6 is 0 Å². The Hall–Kier alpha value is -2.65. The number of sulfonamides is 1. The van der Waals surface area contributed by atoms with Gasteiger partial charge in [0.15, 0.2) is 6.61 Å². The van der Waals surface area contributed by atoms with E-state index in [2.05, 4.69) is 4.72 Å². The van der Waals surface area contributed by atoms with Gasteiger partial charge in [0.1, 0.15) is 11.6 Å². The molecule has 0 spiro atoms. The maximum atomic E-state index is 13.5. The molecule has 0 bridgehead atoms. The van der Waals surface area contributed by atoms with Crippen molar-refractivity contribution in [1.82, 2.24) is 4.72 Å². The summed E-state index contributed by atoms with van der Waals surface area (Å²) in [4.78, 5) is 23.9. The Bertz CT molecular complexity index is 974. The first kappa shape index (κ1) is 21.6. The second-order valence-corrected chi connectivity index (χ2v) is 7.79. The number of esters is 1. The number of rotatable bonds is 8. The molecule has 0 amide bonds. The largest absolute Gasteiger partial charge is 0.454 e. The average molecular weight is 411 g/mol. The van der Waals surface area contributed by atoms with Crippen molar-refractivity contribution in [2.24, 2.45) is 0 Å². The lowest BCUT2D eigenvalue weighted by atomic mass is 10.1. The molecule has 6 nitrogen and oxygen atoms in total. The molecule has 28 heavy (non-hydrogen) atoms. The number of Topliss-reactive ketones (excluding diaryl/α,β-unsaturated/α-hetero) is 1. The number of benzene rings is 2. The molecule has 0 radical (unpaired) electrons. The second kappa shape index (κ2) is 9.03. The normalized spacial score (nSPS) is 12.4. The SMILES string of the molecule is CC[C@H](C)NS(=O)(=O)c1ccc(C(=O)OCC(=O)c2cc(F)ccc2F)cc1. The zero-order valence-electron chi connectivity index (χ0n) is 15.2. The topological polar surface area (TPSA) is 89.5 Å². The Balaban J connectivity index is 2.03. The first-order chi connectivity index (χ1) is 13.1. The van der Waals surface area contributed by atoms with Crippen molar-refractivity contribution in [3.63, 3.8) is 0 Å². The summed E-state index contributed by atoms with van der Waals surface area (Å²) in [5.74, 6) is -3.52. The highest BCUT2D eigenvalue weighted by atomic mass is 32.2. The fourth-order valence-electron chi connectivity index (χ4n) is 2.19. The van der Waals surface area contributed by atoms with Crippen molar-refractivity contribution >= 4 is 21.8 Å². The van der Waals surface area contributed by atoms with Crippen molar-refractivity contribution in [3.05, 3.63) is 65.2 Å². The van der Waals surface area contributed by atoms with E-state index in [0.717, 1.165) is 18.2 Å². The van der Waals surface area contributed by atoms with Crippen LogP contribution in [0, 0.1) is 11.6 Å². The Morgan fingerprint density at radius 1 is 1.11 bits per heavy atom. The quantitative estimate of drug-likeness (QED) is 0.533. The number of hydrogen-bond donors (Lipinski definition) is 1. The van der Waals surface area contributed by atoms with E-state index in [-0.39, 0.29) is 16.5 Å². The van der Waals surface area contributed by atoms with Gasteiger partial charge in [-0.05, 0) is 55.8 Å². The standard InChI is InChI=1S/C19H19F2NO5S/c1-3-12(2)22-28(25,26)15-7-4-13(5-8-15)19(24)27-11-18(23)16-10-14(20)6-9-17(16)21/h4-10,12,22H,3,11H2,1-2H3/t12-/m0/s1. The number of hydrogen-bond acceptors (Lipinski definition) is 5. The number of carbonyl (C=O) groups excluding carboxylic acids is 2. The van der Waals surface area contributed by atoms with Gasteiger partial charge in [-0.25, -0.2) is 26.7 Å². The molecule has 0 aliphatic carbocycles. The molecule has 0 heterocycles. The van der Waals surface area contributed by atoms with Crippen LogP contribution in [0.1, 0.15) is 41.0 Å². The Kier molecular flexibility index (Phi) is 6.98. The summed E-state index contributed by atoms with van der Waals surface area (Å²) < 4.78 is 58.3. The van der Waals surface area contributed by atoms with Gasteiger partial charge in [0.2, 0.25) is 15.8 Å². The molecule has 2 aromatic rings. The van der Waals surface area contributed by atoms with Gasteiger partial charge in [-0.15, -0.1) is 0 Å². The van der Waals surface area contributed by atoms with Gasteiger partial charge < -0.3 is 4.74 Å². The number of carbonyl (C=O) groups is 2. The van der Waals surface area contributed by atoms with E-state index in [1.165, 1.54) is 24.3 Å². The van der Waals surface area contributed by atoms with Crippen molar-refractivity contribution < 1.29 is 31.5 Å². The fraction of sp³-hybridized carbons (Fsp3) is 0.263. The van der Waals surface area contributed by atoms with Crippen LogP contribution in [0.2, 0.25) is 0 Å².